The van der Waals surface area contributed by atoms with Crippen LogP contribution in [0.25, 0.3) is 10.9 Å². The number of ether oxygens (including phenoxy) is 1. The van der Waals surface area contributed by atoms with Crippen LogP contribution >= 0.6 is 0 Å². The molecule has 5 heteroatoms. The molecule has 0 unspecified atom stereocenters. The number of carbonyl (C=O) groups excluding carboxylic acids is 2. The Morgan fingerprint density at radius 3 is 2.54 bits per heavy atom. The Kier molecular flexibility index (Phi) is 5.27. The van der Waals surface area contributed by atoms with E-state index in [2.05, 4.69) is 10.3 Å². The lowest BCUT2D eigenvalue weighted by Crippen LogP contribution is -2.43. The molecule has 1 N–H and O–H groups in total. The van der Waals surface area contributed by atoms with Gasteiger partial charge in [0.1, 0.15) is 6.04 Å². The zero-order valence-electron chi connectivity index (χ0n) is 14.7. The van der Waals surface area contributed by atoms with Crippen molar-refractivity contribution in [1.29, 1.82) is 0 Å². The van der Waals surface area contributed by atoms with Gasteiger partial charge < -0.3 is 10.1 Å². The minimum absolute atomic E-state index is 0.328. The molecular formula is C21H20N2O3. The van der Waals surface area contributed by atoms with Crippen LogP contribution in [0.15, 0.2) is 60.8 Å². The van der Waals surface area contributed by atoms with Crippen molar-refractivity contribution in [3.63, 3.8) is 0 Å². The quantitative estimate of drug-likeness (QED) is 0.720. The van der Waals surface area contributed by atoms with Gasteiger partial charge in [0.2, 0.25) is 0 Å². The van der Waals surface area contributed by atoms with Crippen LogP contribution in [0.5, 0.6) is 0 Å². The second-order valence-electron chi connectivity index (χ2n) is 6.11. The molecule has 0 bridgehead atoms. The number of methoxy groups -OCH3 is 1. The molecule has 1 amide bonds. The molecule has 1 heterocycles. The van der Waals surface area contributed by atoms with Crippen LogP contribution in [-0.4, -0.2) is 30.0 Å². The van der Waals surface area contributed by atoms with E-state index in [4.69, 9.17) is 4.74 Å². The van der Waals surface area contributed by atoms with Gasteiger partial charge in [-0.15, -0.1) is 0 Å². The minimum atomic E-state index is -0.762. The molecule has 1 atom stereocenters. The number of hydrogen-bond donors (Lipinski definition) is 1. The SMILES string of the molecule is COC(=O)[C@H](Cc1ccc(C)cc1)NC(=O)c1ccnc2ccccc12. The number of aryl methyl sites for hydroxylation is 1. The number of nitrogens with one attached hydrogen (secondary N) is 1. The molecule has 0 saturated heterocycles. The number of hydrogen-bond acceptors (Lipinski definition) is 4. The van der Waals surface area contributed by atoms with E-state index in [1.807, 2.05) is 55.5 Å². The van der Waals surface area contributed by atoms with Crippen LogP contribution in [0.2, 0.25) is 0 Å². The zero-order chi connectivity index (χ0) is 18.5. The van der Waals surface area contributed by atoms with Crippen molar-refractivity contribution >= 4 is 22.8 Å². The Morgan fingerprint density at radius 2 is 1.81 bits per heavy atom. The fourth-order valence-corrected chi connectivity index (χ4v) is 2.83. The maximum absolute atomic E-state index is 12.8. The van der Waals surface area contributed by atoms with Crippen LogP contribution in [0.4, 0.5) is 0 Å². The van der Waals surface area contributed by atoms with Gasteiger partial charge in [0.05, 0.1) is 18.2 Å². The molecule has 0 aliphatic rings. The predicted molar refractivity (Wildman–Crippen MR) is 99.9 cm³/mol. The number of esters is 1. The summed E-state index contributed by atoms with van der Waals surface area (Å²) in [7, 11) is 1.32. The molecule has 0 aliphatic heterocycles. The van der Waals surface area contributed by atoms with Crippen molar-refractivity contribution in [1.82, 2.24) is 10.3 Å². The van der Waals surface area contributed by atoms with Crippen molar-refractivity contribution < 1.29 is 14.3 Å². The molecular weight excluding hydrogens is 328 g/mol. The van der Waals surface area contributed by atoms with E-state index < -0.39 is 12.0 Å². The molecule has 0 fully saturated rings. The number of benzene rings is 2. The molecule has 26 heavy (non-hydrogen) atoms. The summed E-state index contributed by atoms with van der Waals surface area (Å²) >= 11 is 0. The summed E-state index contributed by atoms with van der Waals surface area (Å²) in [6.45, 7) is 2.00. The summed E-state index contributed by atoms with van der Waals surface area (Å²) in [5.41, 5.74) is 3.29. The first-order valence-electron chi connectivity index (χ1n) is 8.36. The van der Waals surface area contributed by atoms with Crippen molar-refractivity contribution in [3.05, 3.63) is 77.5 Å². The average Bonchev–Trinajstić information content (AvgIpc) is 2.68. The van der Waals surface area contributed by atoms with Crippen LogP contribution < -0.4 is 5.32 Å². The first-order chi connectivity index (χ1) is 12.6. The number of pyridine rings is 1. The van der Waals surface area contributed by atoms with Gasteiger partial charge in [0.15, 0.2) is 0 Å². The van der Waals surface area contributed by atoms with Crippen LogP contribution in [0.3, 0.4) is 0 Å². The Morgan fingerprint density at radius 1 is 1.08 bits per heavy atom. The van der Waals surface area contributed by atoms with E-state index in [9.17, 15) is 9.59 Å². The number of amides is 1. The van der Waals surface area contributed by atoms with Crippen molar-refractivity contribution in [2.45, 2.75) is 19.4 Å². The van der Waals surface area contributed by atoms with Gasteiger partial charge in [-0.3, -0.25) is 9.78 Å². The highest BCUT2D eigenvalue weighted by atomic mass is 16.5. The third-order valence-electron chi connectivity index (χ3n) is 4.25. The lowest BCUT2D eigenvalue weighted by atomic mass is 10.0. The van der Waals surface area contributed by atoms with Crippen LogP contribution in [0.1, 0.15) is 21.5 Å². The maximum Gasteiger partial charge on any atom is 0.328 e. The first-order valence-corrected chi connectivity index (χ1v) is 8.36. The van der Waals surface area contributed by atoms with Gasteiger partial charge in [0.25, 0.3) is 5.91 Å². The van der Waals surface area contributed by atoms with Gasteiger partial charge in [-0.25, -0.2) is 4.79 Å². The highest BCUT2D eigenvalue weighted by Crippen LogP contribution is 2.16. The number of carbonyl (C=O) groups is 2. The number of para-hydroxylation sites is 1. The zero-order valence-corrected chi connectivity index (χ0v) is 14.7. The molecule has 2 aromatic carbocycles. The average molecular weight is 348 g/mol. The van der Waals surface area contributed by atoms with Crippen molar-refractivity contribution in [2.24, 2.45) is 0 Å². The Balaban J connectivity index is 1.85. The monoisotopic (exact) mass is 348 g/mol. The Labute approximate surface area is 152 Å². The van der Waals surface area contributed by atoms with Crippen molar-refractivity contribution in [3.8, 4) is 0 Å². The summed E-state index contributed by atoms with van der Waals surface area (Å²) in [5.74, 6) is -0.802. The van der Waals surface area contributed by atoms with Crippen LogP contribution in [-0.2, 0) is 16.0 Å². The van der Waals surface area contributed by atoms with E-state index >= 15 is 0 Å². The summed E-state index contributed by atoms with van der Waals surface area (Å²) in [6.07, 6.45) is 1.95. The third kappa shape index (κ3) is 3.88. The number of rotatable bonds is 5. The lowest BCUT2D eigenvalue weighted by Gasteiger charge is -2.17. The Hall–Kier alpha value is -3.21. The highest BCUT2D eigenvalue weighted by molar-refractivity contribution is 6.07. The smallest absolute Gasteiger partial charge is 0.328 e. The van der Waals surface area contributed by atoms with E-state index in [1.165, 1.54) is 7.11 Å². The molecule has 3 aromatic rings. The number of fused-ring (bicyclic) bond motifs is 1. The van der Waals surface area contributed by atoms with E-state index in [1.54, 1.807) is 12.3 Å². The van der Waals surface area contributed by atoms with E-state index in [0.717, 1.165) is 22.0 Å². The molecule has 132 valence electrons. The topological polar surface area (TPSA) is 68.3 Å². The molecule has 3 rings (SSSR count). The number of aromatic nitrogens is 1. The summed E-state index contributed by atoms with van der Waals surface area (Å²) < 4.78 is 4.87. The summed E-state index contributed by atoms with van der Waals surface area (Å²) in [5, 5.41) is 3.54. The molecule has 1 aromatic heterocycles. The molecule has 5 nitrogen and oxygen atoms in total. The Bertz CT molecular complexity index is 930. The largest absolute Gasteiger partial charge is 0.467 e. The molecule has 0 aliphatic carbocycles. The summed E-state index contributed by atoms with van der Waals surface area (Å²) in [4.78, 5) is 29.2. The van der Waals surface area contributed by atoms with Gasteiger partial charge in [-0.1, -0.05) is 48.0 Å². The fraction of sp³-hybridized carbons (Fsp3) is 0.190. The van der Waals surface area contributed by atoms with E-state index in [-0.39, 0.29) is 5.91 Å². The number of nitrogens with zero attached hydrogens (tertiary/aromatic N) is 1. The summed E-state index contributed by atoms with van der Waals surface area (Å²) in [6, 6.07) is 16.1. The fourth-order valence-electron chi connectivity index (χ4n) is 2.83. The van der Waals surface area contributed by atoms with Gasteiger partial charge in [0, 0.05) is 18.0 Å². The normalized spacial score (nSPS) is 11.8. The van der Waals surface area contributed by atoms with Gasteiger partial charge in [-0.05, 0) is 24.6 Å². The second kappa shape index (κ2) is 7.78. The lowest BCUT2D eigenvalue weighted by molar-refractivity contribution is -0.142. The molecule has 0 radical (unpaired) electrons. The first kappa shape index (κ1) is 17.6. The second-order valence-corrected chi connectivity index (χ2v) is 6.11. The maximum atomic E-state index is 12.8. The highest BCUT2D eigenvalue weighted by Gasteiger charge is 2.23. The predicted octanol–water partition coefficient (Wildman–Crippen LogP) is 3.06. The van der Waals surface area contributed by atoms with Gasteiger partial charge in [-0.2, -0.15) is 0 Å². The van der Waals surface area contributed by atoms with E-state index in [0.29, 0.717) is 12.0 Å². The third-order valence-corrected chi connectivity index (χ3v) is 4.25. The van der Waals surface area contributed by atoms with Crippen molar-refractivity contribution in [2.75, 3.05) is 7.11 Å². The van der Waals surface area contributed by atoms with Gasteiger partial charge >= 0.3 is 5.97 Å². The standard InChI is InChI=1S/C21H20N2O3/c1-14-7-9-15(10-8-14)13-19(21(25)26-2)23-20(24)17-11-12-22-18-6-4-3-5-16(17)18/h3-12,19H,13H2,1-2H3,(H,23,24)/t19-/m0/s1. The minimum Gasteiger partial charge on any atom is -0.467 e. The molecule has 0 spiro atoms. The molecule has 0 saturated carbocycles. The van der Waals surface area contributed by atoms with Crippen LogP contribution in [0, 0.1) is 6.92 Å².